The fourth-order valence-electron chi connectivity index (χ4n) is 1.99. The van der Waals surface area contributed by atoms with E-state index in [1.807, 2.05) is 10.6 Å². The molecule has 1 rings (SSSR count). The van der Waals surface area contributed by atoms with Gasteiger partial charge in [0.1, 0.15) is 6.10 Å². The van der Waals surface area contributed by atoms with Crippen LogP contribution in [-0.2, 0) is 9.53 Å². The molecule has 1 aliphatic carbocycles. The molecule has 4 N–H and O–H groups in total. The number of nitrogens with one attached hydrogen (secondary N) is 2. The van der Waals surface area contributed by atoms with Gasteiger partial charge in [-0.05, 0) is 13.3 Å². The minimum atomic E-state index is -3.57. The second kappa shape index (κ2) is 7.32. The molecule has 3 amide bonds. The van der Waals surface area contributed by atoms with Crippen molar-refractivity contribution in [2.24, 2.45) is 5.92 Å². The number of carbonyl (C=O) groups is 2. The van der Waals surface area contributed by atoms with E-state index in [9.17, 15) is 23.5 Å². The molecular weight excluding hydrogens is 290 g/mol. The van der Waals surface area contributed by atoms with Crippen LogP contribution in [0.2, 0.25) is 0 Å². The first-order valence-electron chi connectivity index (χ1n) is 6.39. The number of hydrogen-bond acceptors (Lipinski definition) is 5. The maximum absolute atomic E-state index is 13.7. The average molecular weight is 308 g/mol. The van der Waals surface area contributed by atoms with Gasteiger partial charge in [-0.1, -0.05) is 0 Å². The van der Waals surface area contributed by atoms with Crippen molar-refractivity contribution in [3.8, 4) is 0 Å². The molecule has 9 heteroatoms. The minimum Gasteiger partial charge on any atom is -0.501 e. The lowest BCUT2D eigenvalue weighted by molar-refractivity contribution is -0.117. The molecular formula is C12H18F2N2O5. The topological polar surface area (TPSA) is 108 Å². The number of carbonyl (C=O) groups excluding carboxylic acids is 2. The highest BCUT2D eigenvalue weighted by atomic mass is 19.3. The number of amides is 3. The predicted molar refractivity (Wildman–Crippen MR) is 67.4 cm³/mol. The molecule has 1 aliphatic rings. The van der Waals surface area contributed by atoms with E-state index in [0.717, 1.165) is 12.3 Å². The Bertz CT molecular complexity index is 416. The number of halogens is 2. The van der Waals surface area contributed by atoms with Crippen molar-refractivity contribution in [2.45, 2.75) is 31.4 Å². The quantitative estimate of drug-likeness (QED) is 0.413. The number of aliphatic hydroxyl groups is 2. The molecule has 3 unspecified atom stereocenters. The Morgan fingerprint density at radius 3 is 2.67 bits per heavy atom. The number of hydrogen-bond donors (Lipinski definition) is 4. The number of rotatable bonds is 5. The molecule has 1 fully saturated rings. The molecule has 0 aromatic rings. The summed E-state index contributed by atoms with van der Waals surface area (Å²) in [4.78, 5) is 22.7. The molecule has 0 radical (unpaired) electrons. The van der Waals surface area contributed by atoms with Gasteiger partial charge in [0.2, 0.25) is 0 Å². The van der Waals surface area contributed by atoms with Crippen LogP contribution < -0.4 is 10.6 Å². The third kappa shape index (κ3) is 4.36. The molecule has 0 bridgehead atoms. The number of ether oxygens (including phenoxy) is 1. The van der Waals surface area contributed by atoms with Gasteiger partial charge in [0, 0.05) is 18.6 Å². The Kier molecular flexibility index (Phi) is 6.03. The summed E-state index contributed by atoms with van der Waals surface area (Å²) in [6.45, 7) is 1.41. The average Bonchev–Trinajstić information content (AvgIpc) is 2.62. The van der Waals surface area contributed by atoms with E-state index in [-0.39, 0.29) is 6.42 Å². The summed E-state index contributed by atoms with van der Waals surface area (Å²) in [5.74, 6) is -5.44. The maximum Gasteiger partial charge on any atom is 0.322 e. The third-order valence-corrected chi connectivity index (χ3v) is 3.10. The molecule has 0 saturated heterocycles. The highest BCUT2D eigenvalue weighted by molar-refractivity contribution is 6.00. The van der Waals surface area contributed by atoms with Gasteiger partial charge in [0.05, 0.1) is 18.9 Å². The molecule has 3 atom stereocenters. The molecule has 1 saturated carbocycles. The van der Waals surface area contributed by atoms with Gasteiger partial charge in [-0.3, -0.25) is 10.1 Å². The Balaban J connectivity index is 2.53. The summed E-state index contributed by atoms with van der Waals surface area (Å²) in [6, 6.07) is -2.77. The van der Waals surface area contributed by atoms with Crippen LogP contribution in [0.3, 0.4) is 0 Å². The van der Waals surface area contributed by atoms with Gasteiger partial charge >= 0.3 is 6.03 Å². The monoisotopic (exact) mass is 308 g/mol. The lowest BCUT2D eigenvalue weighted by Gasteiger charge is -2.22. The lowest BCUT2D eigenvalue weighted by Crippen LogP contribution is -2.52. The molecule has 7 nitrogen and oxygen atoms in total. The van der Waals surface area contributed by atoms with E-state index in [1.54, 1.807) is 6.92 Å². The van der Waals surface area contributed by atoms with Crippen molar-refractivity contribution >= 4 is 11.9 Å². The van der Waals surface area contributed by atoms with E-state index in [1.165, 1.54) is 0 Å². The summed E-state index contributed by atoms with van der Waals surface area (Å²) >= 11 is 0. The van der Waals surface area contributed by atoms with Crippen LogP contribution in [-0.4, -0.2) is 53.4 Å². The highest BCUT2D eigenvalue weighted by Gasteiger charge is 2.57. The first-order valence-corrected chi connectivity index (χ1v) is 6.39. The number of urea groups is 1. The Morgan fingerprint density at radius 1 is 1.48 bits per heavy atom. The molecule has 120 valence electrons. The van der Waals surface area contributed by atoms with Crippen molar-refractivity contribution < 1.29 is 33.3 Å². The van der Waals surface area contributed by atoms with Crippen LogP contribution in [0.25, 0.3) is 0 Å². The lowest BCUT2D eigenvalue weighted by atomic mass is 10.1. The standard InChI is InChI=1S/C12H18F2N2O5/c1-2-21-4-3-9(18)16-11(20)15-8-5-7(6-17)10(19)12(8,13)14/h3-4,7-8,10,17,19H,2,5-6H2,1H3,(H2,15,16,18,20)/b4-3+. The predicted octanol–water partition coefficient (Wildman–Crippen LogP) is -0.261. The van der Waals surface area contributed by atoms with Gasteiger partial charge in [0.15, 0.2) is 0 Å². The van der Waals surface area contributed by atoms with Crippen LogP contribution in [0.1, 0.15) is 13.3 Å². The van der Waals surface area contributed by atoms with Crippen LogP contribution in [0.4, 0.5) is 13.6 Å². The summed E-state index contributed by atoms with van der Waals surface area (Å²) in [5.41, 5.74) is 0. The van der Waals surface area contributed by atoms with Crippen molar-refractivity contribution in [1.82, 2.24) is 10.6 Å². The van der Waals surface area contributed by atoms with E-state index >= 15 is 0 Å². The summed E-state index contributed by atoms with van der Waals surface area (Å²) < 4.78 is 32.1. The van der Waals surface area contributed by atoms with Gasteiger partial charge in [-0.15, -0.1) is 0 Å². The molecule has 0 spiro atoms. The molecule has 0 aliphatic heterocycles. The first kappa shape index (κ1) is 17.3. The maximum atomic E-state index is 13.7. The molecule has 21 heavy (non-hydrogen) atoms. The largest absolute Gasteiger partial charge is 0.501 e. The van der Waals surface area contributed by atoms with E-state index in [4.69, 9.17) is 9.84 Å². The van der Waals surface area contributed by atoms with Crippen molar-refractivity contribution in [3.63, 3.8) is 0 Å². The van der Waals surface area contributed by atoms with Crippen molar-refractivity contribution in [3.05, 3.63) is 12.3 Å². The summed E-state index contributed by atoms with van der Waals surface area (Å²) in [5, 5.41) is 22.0. The summed E-state index contributed by atoms with van der Waals surface area (Å²) in [6.07, 6.45) is -0.331. The van der Waals surface area contributed by atoms with Crippen LogP contribution in [0.15, 0.2) is 12.3 Å². The van der Waals surface area contributed by atoms with E-state index < -0.39 is 42.5 Å². The second-order valence-corrected chi connectivity index (χ2v) is 4.57. The van der Waals surface area contributed by atoms with Crippen LogP contribution in [0.5, 0.6) is 0 Å². The smallest absolute Gasteiger partial charge is 0.322 e. The zero-order chi connectivity index (χ0) is 16.0. The number of alkyl halides is 2. The Labute approximate surface area is 120 Å². The van der Waals surface area contributed by atoms with Crippen molar-refractivity contribution in [1.29, 1.82) is 0 Å². The van der Waals surface area contributed by atoms with E-state index in [0.29, 0.717) is 6.61 Å². The second-order valence-electron chi connectivity index (χ2n) is 4.57. The molecule has 0 heterocycles. The van der Waals surface area contributed by atoms with Gasteiger partial charge in [-0.2, -0.15) is 0 Å². The van der Waals surface area contributed by atoms with Gasteiger partial charge < -0.3 is 20.3 Å². The van der Waals surface area contributed by atoms with E-state index in [2.05, 4.69) is 0 Å². The van der Waals surface area contributed by atoms with Crippen LogP contribution >= 0.6 is 0 Å². The van der Waals surface area contributed by atoms with Crippen LogP contribution in [0, 0.1) is 5.92 Å². The normalized spacial score (nSPS) is 27.6. The van der Waals surface area contributed by atoms with Gasteiger partial charge in [0.25, 0.3) is 11.8 Å². The fraction of sp³-hybridized carbons (Fsp3) is 0.667. The summed E-state index contributed by atoms with van der Waals surface area (Å²) in [7, 11) is 0. The molecule has 0 aromatic carbocycles. The highest BCUT2D eigenvalue weighted by Crippen LogP contribution is 2.39. The molecule has 0 aromatic heterocycles. The third-order valence-electron chi connectivity index (χ3n) is 3.10. The number of aliphatic hydroxyl groups excluding tert-OH is 2. The minimum absolute atomic E-state index is 0.291. The Hall–Kier alpha value is -1.74. The number of imide groups is 1. The zero-order valence-corrected chi connectivity index (χ0v) is 11.4. The zero-order valence-electron chi connectivity index (χ0n) is 11.4. The Morgan fingerprint density at radius 2 is 2.14 bits per heavy atom. The van der Waals surface area contributed by atoms with Gasteiger partial charge in [-0.25, -0.2) is 13.6 Å². The fourth-order valence-corrected chi connectivity index (χ4v) is 1.99. The SMILES string of the molecule is CCO/C=C/C(=O)NC(=O)NC1CC(CO)C(O)C1(F)F. The van der Waals surface area contributed by atoms with Crippen molar-refractivity contribution in [2.75, 3.05) is 13.2 Å². The first-order chi connectivity index (χ1) is 9.82.